The minimum Gasteiger partial charge on any atom is -0.507 e. The molecule has 0 unspecified atom stereocenters. The molecule has 1 heterocycles. The van der Waals surface area contributed by atoms with Gasteiger partial charge in [0.05, 0.1) is 34.7 Å². The molecule has 0 fully saturated rings. The van der Waals surface area contributed by atoms with Gasteiger partial charge in [-0.3, -0.25) is 0 Å². The van der Waals surface area contributed by atoms with Crippen LogP contribution >= 0.6 is 0 Å². The van der Waals surface area contributed by atoms with Crippen molar-refractivity contribution in [3.63, 3.8) is 0 Å². The van der Waals surface area contributed by atoms with Crippen LogP contribution in [0.4, 0.5) is 0 Å². The van der Waals surface area contributed by atoms with Crippen molar-refractivity contribution in [3.05, 3.63) is 71.1 Å². The first-order chi connectivity index (χ1) is 13.2. The van der Waals surface area contributed by atoms with E-state index in [1.54, 1.807) is 24.3 Å². The van der Waals surface area contributed by atoms with E-state index in [1.165, 1.54) is 0 Å². The summed E-state index contributed by atoms with van der Waals surface area (Å²) in [4.78, 5) is 7.77. The highest BCUT2D eigenvalue weighted by atomic mass is 16.3. The number of imidazole rings is 1. The summed E-state index contributed by atoms with van der Waals surface area (Å²) in [6, 6.07) is 16.8. The first kappa shape index (κ1) is 16.4. The first-order valence-electron chi connectivity index (χ1n) is 8.39. The molecule has 0 radical (unpaired) electrons. The van der Waals surface area contributed by atoms with Crippen molar-refractivity contribution in [1.82, 2.24) is 9.97 Å². The van der Waals surface area contributed by atoms with Gasteiger partial charge >= 0.3 is 0 Å². The second-order valence-corrected chi connectivity index (χ2v) is 6.19. The van der Waals surface area contributed by atoms with E-state index in [-0.39, 0.29) is 5.75 Å². The van der Waals surface area contributed by atoms with E-state index in [0.717, 1.165) is 22.5 Å². The summed E-state index contributed by atoms with van der Waals surface area (Å²) in [6.45, 7) is 0. The van der Waals surface area contributed by atoms with E-state index >= 15 is 0 Å². The molecule has 2 N–H and O–H groups in total. The largest absolute Gasteiger partial charge is 0.507 e. The van der Waals surface area contributed by atoms with Gasteiger partial charge < -0.3 is 10.1 Å². The Kier molecular flexibility index (Phi) is 4.04. The highest BCUT2D eigenvalue weighted by Gasteiger charge is 2.15. The number of aromatic hydroxyl groups is 1. The molecule has 3 aromatic rings. The van der Waals surface area contributed by atoms with Gasteiger partial charge in [0.1, 0.15) is 11.6 Å². The van der Waals surface area contributed by atoms with Crippen molar-refractivity contribution in [1.29, 1.82) is 10.5 Å². The molecule has 0 saturated carbocycles. The Morgan fingerprint density at radius 3 is 2.52 bits per heavy atom. The maximum atomic E-state index is 10.3. The Hall–Kier alpha value is -4.09. The zero-order valence-electron chi connectivity index (χ0n) is 14.3. The van der Waals surface area contributed by atoms with E-state index in [9.17, 15) is 5.11 Å². The summed E-state index contributed by atoms with van der Waals surface area (Å²) >= 11 is 0. The molecule has 0 bridgehead atoms. The Bertz CT molecular complexity index is 1170. The summed E-state index contributed by atoms with van der Waals surface area (Å²) in [7, 11) is 0. The van der Waals surface area contributed by atoms with E-state index in [1.807, 2.05) is 36.4 Å². The maximum absolute atomic E-state index is 10.3. The molecule has 0 atom stereocenters. The number of hydrogen-bond acceptors (Lipinski definition) is 4. The Morgan fingerprint density at radius 2 is 1.78 bits per heavy atom. The lowest BCUT2D eigenvalue weighted by Gasteiger charge is -2.06. The average molecular weight is 350 g/mol. The molecule has 27 heavy (non-hydrogen) atoms. The molecule has 0 spiro atoms. The smallest absolute Gasteiger partial charge is 0.142 e. The standard InChI is InChI=1S/C22H14N4O/c23-12-14-4-6-16(7-5-14)17-8-9-21(27)18(11-17)22-25-19-3-1-2-15(13-24)10-20(19)26-22/h1,3-11,27H,2H2,(H,25,26). The number of benzene rings is 2. The molecule has 2 aromatic carbocycles. The van der Waals surface area contributed by atoms with Crippen molar-refractivity contribution in [2.45, 2.75) is 6.42 Å². The number of aromatic nitrogens is 2. The summed E-state index contributed by atoms with van der Waals surface area (Å²) in [5.74, 6) is 0.651. The fraction of sp³-hybridized carbons (Fsp3) is 0.0455. The number of phenols is 1. The number of nitrogens with one attached hydrogen (secondary N) is 1. The van der Waals surface area contributed by atoms with Crippen molar-refractivity contribution in [2.24, 2.45) is 0 Å². The number of H-pyrrole nitrogens is 1. The van der Waals surface area contributed by atoms with Crippen molar-refractivity contribution in [2.75, 3.05) is 0 Å². The second-order valence-electron chi connectivity index (χ2n) is 6.19. The molecule has 0 aliphatic heterocycles. The minimum atomic E-state index is 0.116. The van der Waals surface area contributed by atoms with Gasteiger partial charge in [0.15, 0.2) is 0 Å². The van der Waals surface area contributed by atoms with E-state index < -0.39 is 0 Å². The number of phenolic OH excluding ortho intramolecular Hbond substituents is 1. The van der Waals surface area contributed by atoms with Crippen LogP contribution in [0.2, 0.25) is 0 Å². The maximum Gasteiger partial charge on any atom is 0.142 e. The van der Waals surface area contributed by atoms with Gasteiger partial charge in [-0.05, 0) is 47.5 Å². The van der Waals surface area contributed by atoms with E-state index in [2.05, 4.69) is 22.1 Å². The molecular formula is C22H14N4O. The SMILES string of the molecule is N#CC1=Cc2[nH]c(-c3cc(-c4ccc(C#N)cc4)ccc3O)nc2C=CC1. The molecular weight excluding hydrogens is 336 g/mol. The average Bonchev–Trinajstić information content (AvgIpc) is 2.99. The van der Waals surface area contributed by atoms with Gasteiger partial charge in [-0.25, -0.2) is 4.98 Å². The third kappa shape index (κ3) is 3.10. The van der Waals surface area contributed by atoms with Crippen LogP contribution in [0.15, 0.2) is 54.1 Å². The quantitative estimate of drug-likeness (QED) is 0.703. The number of allylic oxidation sites excluding steroid dienone is 2. The fourth-order valence-electron chi connectivity index (χ4n) is 3.02. The lowest BCUT2D eigenvalue weighted by molar-refractivity contribution is 0.477. The summed E-state index contributed by atoms with van der Waals surface area (Å²) in [6.07, 6.45) is 6.14. The van der Waals surface area contributed by atoms with Crippen LogP contribution in [0.5, 0.6) is 5.75 Å². The Balaban J connectivity index is 1.78. The highest BCUT2D eigenvalue weighted by Crippen LogP contribution is 2.33. The Labute approximate surface area is 156 Å². The lowest BCUT2D eigenvalue weighted by atomic mass is 10.0. The highest BCUT2D eigenvalue weighted by molar-refractivity contribution is 5.77. The van der Waals surface area contributed by atoms with Crippen LogP contribution in [0.1, 0.15) is 23.4 Å². The molecule has 0 saturated heterocycles. The zero-order chi connectivity index (χ0) is 18.8. The number of nitrogens with zero attached hydrogens (tertiary/aromatic N) is 3. The zero-order valence-corrected chi connectivity index (χ0v) is 14.3. The topological polar surface area (TPSA) is 96.5 Å². The molecule has 1 aliphatic carbocycles. The lowest BCUT2D eigenvalue weighted by Crippen LogP contribution is -1.86. The van der Waals surface area contributed by atoms with Gasteiger partial charge in [0.2, 0.25) is 0 Å². The summed E-state index contributed by atoms with van der Waals surface area (Å²) in [5.41, 5.74) is 5.15. The third-order valence-electron chi connectivity index (χ3n) is 4.44. The molecule has 0 amide bonds. The van der Waals surface area contributed by atoms with Gasteiger partial charge in [0.25, 0.3) is 0 Å². The first-order valence-corrected chi connectivity index (χ1v) is 8.39. The van der Waals surface area contributed by atoms with Crippen molar-refractivity contribution < 1.29 is 5.11 Å². The van der Waals surface area contributed by atoms with Crippen LogP contribution in [0, 0.1) is 22.7 Å². The molecule has 4 rings (SSSR count). The van der Waals surface area contributed by atoms with Crippen LogP contribution < -0.4 is 0 Å². The second kappa shape index (κ2) is 6.67. The molecule has 1 aliphatic rings. The van der Waals surface area contributed by atoms with Crippen LogP contribution in [0.3, 0.4) is 0 Å². The van der Waals surface area contributed by atoms with Gasteiger partial charge in [-0.1, -0.05) is 24.3 Å². The number of hydrogen-bond donors (Lipinski definition) is 2. The van der Waals surface area contributed by atoms with Crippen LogP contribution in [-0.2, 0) is 0 Å². The number of aromatic amines is 1. The molecule has 5 heteroatoms. The number of rotatable bonds is 2. The monoisotopic (exact) mass is 350 g/mol. The van der Waals surface area contributed by atoms with Gasteiger partial charge in [-0.2, -0.15) is 10.5 Å². The fourth-order valence-corrected chi connectivity index (χ4v) is 3.02. The normalized spacial score (nSPS) is 12.4. The predicted octanol–water partition coefficient (Wildman–Crippen LogP) is 4.64. The van der Waals surface area contributed by atoms with Crippen LogP contribution in [-0.4, -0.2) is 15.1 Å². The molecule has 5 nitrogen and oxygen atoms in total. The molecule has 1 aromatic heterocycles. The van der Waals surface area contributed by atoms with Gasteiger partial charge in [-0.15, -0.1) is 0 Å². The third-order valence-corrected chi connectivity index (χ3v) is 4.44. The number of nitriles is 2. The van der Waals surface area contributed by atoms with E-state index in [4.69, 9.17) is 10.5 Å². The molecule has 128 valence electrons. The summed E-state index contributed by atoms with van der Waals surface area (Å²) < 4.78 is 0. The van der Waals surface area contributed by atoms with Crippen molar-refractivity contribution in [3.8, 4) is 40.4 Å². The van der Waals surface area contributed by atoms with Crippen molar-refractivity contribution >= 4 is 12.2 Å². The minimum absolute atomic E-state index is 0.116. The Morgan fingerprint density at radius 1 is 1.00 bits per heavy atom. The summed E-state index contributed by atoms with van der Waals surface area (Å²) in [5, 5.41) is 28.4. The predicted molar refractivity (Wildman–Crippen MR) is 103 cm³/mol. The number of fused-ring (bicyclic) bond motifs is 1. The van der Waals surface area contributed by atoms with Gasteiger partial charge in [0, 0.05) is 12.0 Å². The van der Waals surface area contributed by atoms with Crippen LogP contribution in [0.25, 0.3) is 34.7 Å². The van der Waals surface area contributed by atoms with E-state index in [0.29, 0.717) is 28.9 Å².